The van der Waals surface area contributed by atoms with Crippen LogP contribution in [0, 0.1) is 5.95 Å². The summed E-state index contributed by atoms with van der Waals surface area (Å²) in [4.78, 5) is 42.9. The number of fused-ring (bicyclic) bond motifs is 4. The van der Waals surface area contributed by atoms with Crippen LogP contribution in [-0.4, -0.2) is 107 Å². The van der Waals surface area contributed by atoms with Crippen molar-refractivity contribution in [2.75, 3.05) is 28.4 Å². The third kappa shape index (κ3) is 10.2. The van der Waals surface area contributed by atoms with E-state index >= 15 is 4.39 Å². The van der Waals surface area contributed by atoms with Gasteiger partial charge in [-0.2, -0.15) is 14.6 Å². The Morgan fingerprint density at radius 1 is 0.532 bits per heavy atom. The van der Waals surface area contributed by atoms with Gasteiger partial charge < -0.3 is 28.9 Å². The Morgan fingerprint density at radius 2 is 1.00 bits per heavy atom. The number of pyridine rings is 2. The minimum absolute atomic E-state index is 0.121. The molecule has 0 aliphatic heterocycles. The topological polar surface area (TPSA) is 216 Å². The summed E-state index contributed by atoms with van der Waals surface area (Å²) in [5, 5.41) is 9.99. The molecule has 0 aliphatic rings. The molecule has 0 spiro atoms. The average Bonchev–Trinajstić information content (AvgIpc) is 4.39. The van der Waals surface area contributed by atoms with E-state index in [9.17, 15) is 0 Å². The third-order valence-corrected chi connectivity index (χ3v) is 13.1. The zero-order valence-electron chi connectivity index (χ0n) is 42.4. The number of ether oxygens (including phenoxy) is 4. The number of methoxy groups -OCH3 is 4. The van der Waals surface area contributed by atoms with Crippen LogP contribution in [0.2, 0.25) is 20.4 Å². The molecule has 10 heterocycles. The van der Waals surface area contributed by atoms with E-state index in [4.69, 9.17) is 80.3 Å². The monoisotopic (exact) mass is 1120 g/mol. The molecule has 0 atom stereocenters. The maximum atomic E-state index is 15.8. The number of imidazole rings is 4. The van der Waals surface area contributed by atoms with Crippen LogP contribution in [-0.2, 0) is 26.9 Å². The van der Waals surface area contributed by atoms with Crippen molar-refractivity contribution in [3.05, 3.63) is 141 Å². The average molecular weight is 1120 g/mol. The zero-order chi connectivity index (χ0) is 54.2. The molecular weight excluding hydrogens is 1070 g/mol. The molecule has 0 amide bonds. The maximum Gasteiger partial charge on any atom is 0.238 e. The maximum absolute atomic E-state index is 15.8. The van der Waals surface area contributed by atoms with Gasteiger partial charge in [0.2, 0.25) is 5.95 Å². The lowest BCUT2D eigenvalue weighted by atomic mass is 10.1. The van der Waals surface area contributed by atoms with Gasteiger partial charge in [-0.1, -0.05) is 60.3 Å². The van der Waals surface area contributed by atoms with E-state index in [1.807, 2.05) is 55.9 Å². The highest BCUT2D eigenvalue weighted by atomic mass is 35.5. The molecule has 2 aromatic carbocycles. The molecule has 25 heteroatoms. The van der Waals surface area contributed by atoms with Crippen LogP contribution in [0.4, 0.5) is 4.39 Å². The first kappa shape index (κ1) is 52.1. The number of aromatic amines is 2. The van der Waals surface area contributed by atoms with Crippen molar-refractivity contribution >= 4 is 80.0 Å². The Hall–Kier alpha value is -8.37. The van der Waals surface area contributed by atoms with Crippen molar-refractivity contribution < 1.29 is 23.3 Å². The highest BCUT2D eigenvalue weighted by molar-refractivity contribution is 6.34. The highest BCUT2D eigenvalue weighted by Gasteiger charge is 2.25. The molecule has 12 aromatic rings. The molecule has 20 nitrogen and oxygen atoms in total. The fraction of sp³-hybridized carbons (Fsp3) is 0.192. The summed E-state index contributed by atoms with van der Waals surface area (Å²) in [6, 6.07) is 13.8. The first-order valence-electron chi connectivity index (χ1n) is 23.6. The molecule has 0 aliphatic carbocycles. The van der Waals surface area contributed by atoms with Crippen molar-refractivity contribution in [3.63, 3.8) is 0 Å². The third-order valence-electron chi connectivity index (χ3n) is 12.0. The van der Waals surface area contributed by atoms with Gasteiger partial charge in [0, 0.05) is 86.1 Å². The van der Waals surface area contributed by atoms with Crippen LogP contribution in [0.5, 0.6) is 23.0 Å². The van der Waals surface area contributed by atoms with E-state index in [-0.39, 0.29) is 10.7 Å². The van der Waals surface area contributed by atoms with Crippen LogP contribution in [0.25, 0.3) is 78.7 Å². The van der Waals surface area contributed by atoms with E-state index in [0.717, 1.165) is 39.4 Å². The van der Waals surface area contributed by atoms with Crippen molar-refractivity contribution in [1.82, 2.24) is 78.2 Å². The van der Waals surface area contributed by atoms with Crippen LogP contribution in [0.15, 0.2) is 91.9 Å². The fourth-order valence-corrected chi connectivity index (χ4v) is 9.40. The number of rotatable bonds is 12. The van der Waals surface area contributed by atoms with Gasteiger partial charge in [-0.3, -0.25) is 18.2 Å². The van der Waals surface area contributed by atoms with E-state index < -0.39 is 5.95 Å². The number of benzene rings is 2. The summed E-state index contributed by atoms with van der Waals surface area (Å²) < 4.78 is 44.4. The standard InChI is InChI=1S/C25H19Cl2FN8O2.C25H20Cl2N8O2.C2H6/c1-35-10-12(9-29-35)21-25-30-13(6-20-31-16-4-5-19(27)32-24(16)33-20)11-36(25)22(23(28)34-21)14-7-17(37-2)18(38-3)8-15(14)26;1-34-11-13(9-29-34)23-25-30-14(6-22-31-17-4-5-21(27)32-24(17)33-22)12-35(25)18(10-28-23)15-7-19(36-2)20(37-3)8-16(15)26;1-2/h4-5,7-11H,6H2,1-3H3,(H,31,32,33);4-5,7-12H,6H2,1-3H3,(H,31,32,33);1-2H3. The Labute approximate surface area is 457 Å². The van der Waals surface area contributed by atoms with Gasteiger partial charge in [0.25, 0.3) is 0 Å². The van der Waals surface area contributed by atoms with Crippen molar-refractivity contribution in [1.29, 1.82) is 0 Å². The van der Waals surface area contributed by atoms with Gasteiger partial charge in [0.05, 0.1) is 85.2 Å². The summed E-state index contributed by atoms with van der Waals surface area (Å²) in [7, 11) is 9.78. The number of halogens is 5. The number of aryl methyl sites for hydroxylation is 2. The van der Waals surface area contributed by atoms with E-state index in [2.05, 4.69) is 45.1 Å². The first-order valence-corrected chi connectivity index (χ1v) is 25.1. The number of hydrogen-bond donors (Lipinski definition) is 2. The van der Waals surface area contributed by atoms with Crippen LogP contribution >= 0.6 is 46.4 Å². The van der Waals surface area contributed by atoms with E-state index in [0.29, 0.717) is 108 Å². The van der Waals surface area contributed by atoms with Crippen molar-refractivity contribution in [3.8, 4) is 68.0 Å². The second-order valence-corrected chi connectivity index (χ2v) is 18.4. The Balaban J connectivity index is 0.000000169. The van der Waals surface area contributed by atoms with Crippen LogP contribution in [0.3, 0.4) is 0 Å². The number of nitrogens with zero attached hydrogens (tertiary/aromatic N) is 14. The molecule has 0 bridgehead atoms. The van der Waals surface area contributed by atoms with Gasteiger partial charge in [0.15, 0.2) is 45.6 Å². The predicted molar refractivity (Wildman–Crippen MR) is 292 cm³/mol. The lowest BCUT2D eigenvalue weighted by Gasteiger charge is -2.14. The van der Waals surface area contributed by atoms with Crippen molar-refractivity contribution in [2.45, 2.75) is 26.7 Å². The Kier molecular flexibility index (Phi) is 14.7. The quantitative estimate of drug-likeness (QED) is 0.109. The first-order chi connectivity index (χ1) is 37.3. The molecule has 0 radical (unpaired) electrons. The number of nitrogens with one attached hydrogen (secondary N) is 2. The molecule has 77 heavy (non-hydrogen) atoms. The number of aromatic nitrogens is 16. The lowest BCUT2D eigenvalue weighted by molar-refractivity contribution is 0.355. The minimum atomic E-state index is -0.739. The number of hydrogen-bond acceptors (Lipinski definition) is 14. The number of H-pyrrole nitrogens is 2. The molecular formula is C52H45Cl4FN16O4. The second kappa shape index (κ2) is 21.7. The Bertz CT molecular complexity index is 4170. The largest absolute Gasteiger partial charge is 0.493 e. The molecule has 0 fully saturated rings. The molecule has 2 N–H and O–H groups in total. The van der Waals surface area contributed by atoms with Crippen LogP contribution < -0.4 is 18.9 Å². The smallest absolute Gasteiger partial charge is 0.238 e. The SMILES string of the molecule is CC.COc1cc(Cl)c(-c2c(F)nc(-c3cnn(C)c3)c3nc(Cc4nc5nc(Cl)ccc5[nH]4)cn23)cc1OC.COc1cc(Cl)c(-c2cnc(-c3cnn(C)c3)c3nc(Cc4nc5nc(Cl)ccc5[nH]4)cn23)cc1OC. The van der Waals surface area contributed by atoms with Gasteiger partial charge in [-0.25, -0.2) is 39.9 Å². The van der Waals surface area contributed by atoms with Gasteiger partial charge >= 0.3 is 0 Å². The van der Waals surface area contributed by atoms with Crippen LogP contribution in [0.1, 0.15) is 36.9 Å². The molecule has 12 rings (SSSR count). The molecule has 392 valence electrons. The van der Waals surface area contributed by atoms with E-state index in [1.54, 1.807) is 96.3 Å². The van der Waals surface area contributed by atoms with Gasteiger partial charge in [0.1, 0.15) is 39.0 Å². The summed E-state index contributed by atoms with van der Waals surface area (Å²) in [5.41, 5.74) is 9.51. The Morgan fingerprint density at radius 3 is 1.51 bits per heavy atom. The summed E-state index contributed by atoms with van der Waals surface area (Å²) in [6.45, 7) is 4.00. The predicted octanol–water partition coefficient (Wildman–Crippen LogP) is 11.1. The minimum Gasteiger partial charge on any atom is -0.493 e. The molecule has 10 aromatic heterocycles. The molecule has 0 saturated heterocycles. The zero-order valence-corrected chi connectivity index (χ0v) is 45.4. The second-order valence-electron chi connectivity index (χ2n) is 16.9. The summed E-state index contributed by atoms with van der Waals surface area (Å²) in [6.07, 6.45) is 13.2. The highest BCUT2D eigenvalue weighted by Crippen LogP contribution is 2.42. The lowest BCUT2D eigenvalue weighted by Crippen LogP contribution is -2.03. The van der Waals surface area contributed by atoms with Gasteiger partial charge in [-0.05, 0) is 36.4 Å². The fourth-order valence-electron chi connectivity index (χ4n) is 8.62. The summed E-state index contributed by atoms with van der Waals surface area (Å²) in [5.74, 6) is 2.51. The molecule has 0 saturated carbocycles. The van der Waals surface area contributed by atoms with E-state index in [1.165, 1.54) is 14.2 Å². The summed E-state index contributed by atoms with van der Waals surface area (Å²) >= 11 is 25.3. The van der Waals surface area contributed by atoms with Gasteiger partial charge in [-0.15, -0.1) is 0 Å². The normalized spacial score (nSPS) is 11.3. The van der Waals surface area contributed by atoms with Crippen molar-refractivity contribution in [2.24, 2.45) is 14.1 Å². The molecule has 0 unspecified atom stereocenters.